The molecule has 0 amide bonds. The average Bonchev–Trinajstić information content (AvgIpc) is 2.49. The number of rotatable bonds is 2. The lowest BCUT2D eigenvalue weighted by Crippen LogP contribution is -1.93. The first-order chi connectivity index (χ1) is 9.38. The van der Waals surface area contributed by atoms with Gasteiger partial charge >= 0.3 is 0 Å². The van der Waals surface area contributed by atoms with Crippen LogP contribution in [0, 0.1) is 11.3 Å². The molecule has 0 unspecified atom stereocenters. The van der Waals surface area contributed by atoms with Crippen molar-refractivity contribution in [1.29, 1.82) is 5.26 Å². The van der Waals surface area contributed by atoms with Gasteiger partial charge in [0.1, 0.15) is 6.07 Å². The van der Waals surface area contributed by atoms with Crippen LogP contribution >= 0.6 is 0 Å². The van der Waals surface area contributed by atoms with E-state index in [9.17, 15) is 0 Å². The molecule has 0 aliphatic carbocycles. The first-order valence-corrected chi connectivity index (χ1v) is 5.98. The second-order valence-electron chi connectivity index (χ2n) is 4.16. The molecule has 0 bridgehead atoms. The number of anilines is 2. The van der Waals surface area contributed by atoms with E-state index in [1.54, 1.807) is 12.3 Å². The molecule has 1 N–H and O–H groups in total. The van der Waals surface area contributed by atoms with Crippen molar-refractivity contribution in [3.8, 4) is 6.07 Å². The predicted octanol–water partition coefficient (Wildman–Crippen LogP) is 3.85. The fourth-order valence-corrected chi connectivity index (χ4v) is 2.05. The molecule has 1 aromatic heterocycles. The summed E-state index contributed by atoms with van der Waals surface area (Å²) in [6.07, 6.45) is 1.70. The smallest absolute Gasteiger partial charge is 0.101 e. The Labute approximate surface area is 111 Å². The van der Waals surface area contributed by atoms with Gasteiger partial charge in [-0.2, -0.15) is 5.26 Å². The average molecular weight is 245 g/mol. The van der Waals surface area contributed by atoms with Crippen molar-refractivity contribution in [2.24, 2.45) is 0 Å². The molecule has 2 aromatic carbocycles. The Morgan fingerprint density at radius 2 is 1.79 bits per heavy atom. The van der Waals surface area contributed by atoms with Crippen LogP contribution in [-0.2, 0) is 0 Å². The normalized spacial score (nSPS) is 10.1. The minimum atomic E-state index is 0.592. The third kappa shape index (κ3) is 2.12. The summed E-state index contributed by atoms with van der Waals surface area (Å²) in [5.74, 6) is 0. The maximum atomic E-state index is 9.11. The number of benzene rings is 2. The number of hydrogen-bond donors (Lipinski definition) is 1. The number of para-hydroxylation sites is 1. The summed E-state index contributed by atoms with van der Waals surface area (Å²) >= 11 is 0. The Bertz CT molecular complexity index is 758. The van der Waals surface area contributed by atoms with Crippen LogP contribution in [0.4, 0.5) is 11.4 Å². The number of pyridine rings is 1. The van der Waals surface area contributed by atoms with Crippen molar-refractivity contribution in [1.82, 2.24) is 4.98 Å². The number of hydrogen-bond acceptors (Lipinski definition) is 3. The Kier molecular flexibility index (Phi) is 2.83. The monoisotopic (exact) mass is 245 g/mol. The molecule has 3 nitrogen and oxygen atoms in total. The van der Waals surface area contributed by atoms with E-state index < -0.39 is 0 Å². The van der Waals surface area contributed by atoms with Crippen LogP contribution in [0.5, 0.6) is 0 Å². The molecule has 0 fully saturated rings. The first-order valence-electron chi connectivity index (χ1n) is 5.98. The highest BCUT2D eigenvalue weighted by Crippen LogP contribution is 2.27. The number of nitrogens with one attached hydrogen (secondary N) is 1. The highest BCUT2D eigenvalue weighted by Gasteiger charge is 2.06. The zero-order valence-corrected chi connectivity index (χ0v) is 10.2. The molecule has 1 heterocycles. The van der Waals surface area contributed by atoms with Crippen molar-refractivity contribution in [3.05, 3.63) is 66.4 Å². The van der Waals surface area contributed by atoms with Crippen molar-refractivity contribution >= 4 is 22.3 Å². The van der Waals surface area contributed by atoms with Gasteiger partial charge in [0, 0.05) is 23.0 Å². The molecular formula is C16H11N3. The Hall–Kier alpha value is -2.86. The van der Waals surface area contributed by atoms with E-state index in [1.807, 2.05) is 48.5 Å². The predicted molar refractivity (Wildman–Crippen MR) is 76.2 cm³/mol. The largest absolute Gasteiger partial charge is 0.355 e. The molecule has 0 aliphatic rings. The molecule has 0 saturated carbocycles. The van der Waals surface area contributed by atoms with Crippen molar-refractivity contribution < 1.29 is 0 Å². The third-order valence-electron chi connectivity index (χ3n) is 2.94. The van der Waals surface area contributed by atoms with Crippen LogP contribution in [-0.4, -0.2) is 4.98 Å². The van der Waals surface area contributed by atoms with Crippen molar-refractivity contribution in [2.45, 2.75) is 0 Å². The molecule has 3 aromatic rings. The zero-order valence-electron chi connectivity index (χ0n) is 10.2. The Morgan fingerprint density at radius 1 is 0.947 bits per heavy atom. The summed E-state index contributed by atoms with van der Waals surface area (Å²) in [5.41, 5.74) is 3.28. The van der Waals surface area contributed by atoms with Crippen LogP contribution in [0.3, 0.4) is 0 Å². The molecule has 19 heavy (non-hydrogen) atoms. The van der Waals surface area contributed by atoms with E-state index in [2.05, 4.69) is 16.4 Å². The molecule has 0 atom stereocenters. The number of nitriles is 1. The van der Waals surface area contributed by atoms with E-state index in [1.165, 1.54) is 0 Å². The summed E-state index contributed by atoms with van der Waals surface area (Å²) in [5, 5.41) is 13.4. The minimum absolute atomic E-state index is 0.592. The number of fused-ring (bicyclic) bond motifs is 1. The van der Waals surface area contributed by atoms with E-state index in [4.69, 9.17) is 5.26 Å². The van der Waals surface area contributed by atoms with Gasteiger partial charge in [0.05, 0.1) is 11.1 Å². The summed E-state index contributed by atoms with van der Waals surface area (Å²) in [7, 11) is 0. The maximum absolute atomic E-state index is 9.11. The molecule has 0 aliphatic heterocycles. The van der Waals surface area contributed by atoms with Crippen molar-refractivity contribution in [3.63, 3.8) is 0 Å². The molecular weight excluding hydrogens is 234 g/mol. The molecule has 0 spiro atoms. The van der Waals surface area contributed by atoms with E-state index in [0.717, 1.165) is 22.3 Å². The van der Waals surface area contributed by atoms with Crippen LogP contribution in [0.25, 0.3) is 10.9 Å². The van der Waals surface area contributed by atoms with Crippen molar-refractivity contribution in [2.75, 3.05) is 5.32 Å². The quantitative estimate of drug-likeness (QED) is 0.746. The van der Waals surface area contributed by atoms with Crippen LogP contribution in [0.15, 0.2) is 60.8 Å². The van der Waals surface area contributed by atoms with Crippen LogP contribution in [0.2, 0.25) is 0 Å². The summed E-state index contributed by atoms with van der Waals surface area (Å²) in [4.78, 5) is 4.29. The van der Waals surface area contributed by atoms with E-state index >= 15 is 0 Å². The van der Waals surface area contributed by atoms with Gasteiger partial charge in [-0.15, -0.1) is 0 Å². The number of nitrogens with zero attached hydrogens (tertiary/aromatic N) is 2. The van der Waals surface area contributed by atoms with Gasteiger partial charge in [-0.05, 0) is 36.4 Å². The SMILES string of the molecule is N#Cc1ccc(Nc2ccccc2)c2cccnc12. The van der Waals surface area contributed by atoms with E-state index in [0.29, 0.717) is 5.56 Å². The van der Waals surface area contributed by atoms with Gasteiger partial charge in [0.15, 0.2) is 0 Å². The van der Waals surface area contributed by atoms with Gasteiger partial charge in [-0.1, -0.05) is 18.2 Å². The zero-order chi connectivity index (χ0) is 13.1. The molecule has 90 valence electrons. The number of aromatic nitrogens is 1. The minimum Gasteiger partial charge on any atom is -0.355 e. The molecule has 0 radical (unpaired) electrons. The van der Waals surface area contributed by atoms with E-state index in [-0.39, 0.29) is 0 Å². The first kappa shape index (κ1) is 11.2. The van der Waals surface area contributed by atoms with Gasteiger partial charge in [0.25, 0.3) is 0 Å². The fraction of sp³-hybridized carbons (Fsp3) is 0. The summed E-state index contributed by atoms with van der Waals surface area (Å²) in [6, 6.07) is 19.7. The summed E-state index contributed by atoms with van der Waals surface area (Å²) in [6.45, 7) is 0. The van der Waals surface area contributed by atoms with Gasteiger partial charge in [0.2, 0.25) is 0 Å². The standard InChI is InChI=1S/C16H11N3/c17-11-12-8-9-15(14-7-4-10-18-16(12)14)19-13-5-2-1-3-6-13/h1-10,19H. The second kappa shape index (κ2) is 4.79. The Morgan fingerprint density at radius 3 is 2.58 bits per heavy atom. The topological polar surface area (TPSA) is 48.7 Å². The lowest BCUT2D eigenvalue weighted by Gasteiger charge is -2.10. The second-order valence-corrected chi connectivity index (χ2v) is 4.16. The lowest BCUT2D eigenvalue weighted by atomic mass is 10.1. The van der Waals surface area contributed by atoms with Gasteiger partial charge in [-0.25, -0.2) is 0 Å². The van der Waals surface area contributed by atoms with Crippen LogP contribution < -0.4 is 5.32 Å². The van der Waals surface area contributed by atoms with Gasteiger partial charge in [-0.3, -0.25) is 4.98 Å². The van der Waals surface area contributed by atoms with Gasteiger partial charge < -0.3 is 5.32 Å². The molecule has 0 saturated heterocycles. The highest BCUT2D eigenvalue weighted by molar-refractivity contribution is 5.96. The Balaban J connectivity index is 2.13. The molecule has 3 heteroatoms. The summed E-state index contributed by atoms with van der Waals surface area (Å²) < 4.78 is 0. The molecule has 3 rings (SSSR count). The van der Waals surface area contributed by atoms with Crippen LogP contribution in [0.1, 0.15) is 5.56 Å². The fourth-order valence-electron chi connectivity index (χ4n) is 2.05. The highest BCUT2D eigenvalue weighted by atomic mass is 14.9. The lowest BCUT2D eigenvalue weighted by molar-refractivity contribution is 1.39. The maximum Gasteiger partial charge on any atom is 0.101 e. The third-order valence-corrected chi connectivity index (χ3v) is 2.94.